The number of alkyl halides is 3. The lowest BCUT2D eigenvalue weighted by atomic mass is 10.1. The minimum atomic E-state index is -4.40. The lowest BCUT2D eigenvalue weighted by molar-refractivity contribution is -0.140. The van der Waals surface area contributed by atoms with Crippen molar-refractivity contribution in [1.29, 1.82) is 0 Å². The van der Waals surface area contributed by atoms with E-state index in [0.717, 1.165) is 27.8 Å². The van der Waals surface area contributed by atoms with Gasteiger partial charge in [0, 0.05) is 37.3 Å². The molecule has 6 nitrogen and oxygen atoms in total. The van der Waals surface area contributed by atoms with Crippen LogP contribution in [0.5, 0.6) is 0 Å². The quantitative estimate of drug-likeness (QED) is 0.417. The van der Waals surface area contributed by atoms with Gasteiger partial charge < -0.3 is 10.6 Å². The first kappa shape index (κ1) is 21.8. The van der Waals surface area contributed by atoms with E-state index in [-0.39, 0.29) is 0 Å². The number of rotatable bonds is 8. The van der Waals surface area contributed by atoms with Crippen LogP contribution in [0.2, 0.25) is 0 Å². The van der Waals surface area contributed by atoms with E-state index in [1.54, 1.807) is 6.20 Å². The van der Waals surface area contributed by atoms with Crippen LogP contribution in [0.4, 0.5) is 13.2 Å². The van der Waals surface area contributed by atoms with Gasteiger partial charge in [-0.25, -0.2) is 9.98 Å². The molecule has 0 spiro atoms. The van der Waals surface area contributed by atoms with E-state index >= 15 is 0 Å². The number of nitrogens with zero attached hydrogens (tertiary/aromatic N) is 4. The summed E-state index contributed by atoms with van der Waals surface area (Å²) in [4.78, 5) is 8.22. The van der Waals surface area contributed by atoms with Crippen LogP contribution in [-0.4, -0.2) is 33.8 Å². The summed E-state index contributed by atoms with van der Waals surface area (Å²) in [6.45, 7) is 4.25. The molecule has 3 rings (SSSR count). The standard InChI is InChI=1S/C20H23F3N6S/c1-2-24-19(25-9-7-18-28-17(14-30-18)20(21,22)23)26-12-15-5-3-6-16(11-15)13-29-10-4-8-27-29/h3-6,8,10-11,14H,2,7,9,12-13H2,1H3,(H2,24,25,26). The van der Waals surface area contributed by atoms with Crippen molar-refractivity contribution in [2.45, 2.75) is 32.6 Å². The van der Waals surface area contributed by atoms with E-state index in [2.05, 4.69) is 31.8 Å². The Morgan fingerprint density at radius 3 is 2.73 bits per heavy atom. The van der Waals surface area contributed by atoms with Crippen LogP contribution in [0.3, 0.4) is 0 Å². The number of hydrogen-bond acceptors (Lipinski definition) is 4. The third kappa shape index (κ3) is 6.58. The van der Waals surface area contributed by atoms with E-state index < -0.39 is 11.9 Å². The lowest BCUT2D eigenvalue weighted by Crippen LogP contribution is -2.38. The van der Waals surface area contributed by atoms with Crippen molar-refractivity contribution >= 4 is 17.3 Å². The van der Waals surface area contributed by atoms with Crippen LogP contribution in [0, 0.1) is 0 Å². The summed E-state index contributed by atoms with van der Waals surface area (Å²) in [6, 6.07) is 10.0. The van der Waals surface area contributed by atoms with E-state index in [0.29, 0.717) is 43.6 Å². The second-order valence-electron chi connectivity index (χ2n) is 6.52. The van der Waals surface area contributed by atoms with E-state index in [4.69, 9.17) is 0 Å². The zero-order chi connectivity index (χ0) is 21.4. The maximum absolute atomic E-state index is 12.6. The first-order valence-corrected chi connectivity index (χ1v) is 10.4. The van der Waals surface area contributed by atoms with Crippen molar-refractivity contribution in [2.75, 3.05) is 13.1 Å². The summed E-state index contributed by atoms with van der Waals surface area (Å²) in [5.74, 6) is 0.614. The summed E-state index contributed by atoms with van der Waals surface area (Å²) in [6.07, 6.45) is -0.342. The Bertz CT molecular complexity index is 950. The number of benzene rings is 1. The zero-order valence-electron chi connectivity index (χ0n) is 16.5. The van der Waals surface area contributed by atoms with Gasteiger partial charge in [-0.15, -0.1) is 11.3 Å². The number of halogens is 3. The first-order chi connectivity index (χ1) is 14.4. The number of aliphatic imine (C=N–C) groups is 1. The molecule has 10 heteroatoms. The van der Waals surface area contributed by atoms with Crippen LogP contribution in [0.25, 0.3) is 0 Å². The molecule has 2 N–H and O–H groups in total. The topological polar surface area (TPSA) is 67.1 Å². The van der Waals surface area contributed by atoms with Gasteiger partial charge in [0.15, 0.2) is 11.7 Å². The van der Waals surface area contributed by atoms with Crippen molar-refractivity contribution < 1.29 is 13.2 Å². The molecular weight excluding hydrogens is 413 g/mol. The Hall–Kier alpha value is -2.88. The lowest BCUT2D eigenvalue weighted by Gasteiger charge is -2.11. The molecule has 0 aliphatic rings. The van der Waals surface area contributed by atoms with Crippen molar-refractivity contribution in [3.63, 3.8) is 0 Å². The van der Waals surface area contributed by atoms with E-state index in [1.165, 1.54) is 0 Å². The van der Waals surface area contributed by atoms with E-state index in [9.17, 15) is 13.2 Å². The fourth-order valence-corrected chi connectivity index (χ4v) is 3.57. The summed E-state index contributed by atoms with van der Waals surface area (Å²) < 4.78 is 39.8. The molecule has 2 heterocycles. The fourth-order valence-electron chi connectivity index (χ4n) is 2.76. The molecule has 0 radical (unpaired) electrons. The highest BCUT2D eigenvalue weighted by Crippen LogP contribution is 2.29. The third-order valence-corrected chi connectivity index (χ3v) is 5.04. The van der Waals surface area contributed by atoms with Gasteiger partial charge in [0.2, 0.25) is 0 Å². The van der Waals surface area contributed by atoms with Gasteiger partial charge in [-0.1, -0.05) is 24.3 Å². The predicted molar refractivity (Wildman–Crippen MR) is 111 cm³/mol. The molecule has 1 aromatic carbocycles. The highest BCUT2D eigenvalue weighted by Gasteiger charge is 2.33. The Morgan fingerprint density at radius 2 is 2.03 bits per heavy atom. The molecule has 0 unspecified atom stereocenters. The van der Waals surface area contributed by atoms with Crippen molar-refractivity contribution in [2.24, 2.45) is 4.99 Å². The molecule has 160 valence electrons. The van der Waals surface area contributed by atoms with Crippen LogP contribution in [-0.2, 0) is 25.7 Å². The number of hydrogen-bond donors (Lipinski definition) is 2. The highest BCUT2D eigenvalue weighted by molar-refractivity contribution is 7.09. The van der Waals surface area contributed by atoms with Crippen LogP contribution in [0.15, 0.2) is 53.1 Å². The average Bonchev–Trinajstić information content (AvgIpc) is 3.38. The summed E-state index contributed by atoms with van der Waals surface area (Å²) in [5.41, 5.74) is 1.36. The Morgan fingerprint density at radius 1 is 1.20 bits per heavy atom. The molecule has 0 aliphatic heterocycles. The Labute approximate surface area is 176 Å². The van der Waals surface area contributed by atoms with Gasteiger partial charge in [0.25, 0.3) is 0 Å². The molecule has 0 bridgehead atoms. The minimum absolute atomic E-state index is 0.393. The number of aromatic nitrogens is 3. The number of thiazole rings is 1. The van der Waals surface area contributed by atoms with Crippen molar-refractivity contribution in [3.05, 3.63) is 69.9 Å². The van der Waals surface area contributed by atoms with Crippen molar-refractivity contribution in [1.82, 2.24) is 25.4 Å². The van der Waals surface area contributed by atoms with Gasteiger partial charge in [-0.2, -0.15) is 18.3 Å². The molecule has 0 aliphatic carbocycles. The minimum Gasteiger partial charge on any atom is -0.357 e. The maximum Gasteiger partial charge on any atom is 0.434 e. The van der Waals surface area contributed by atoms with Crippen molar-refractivity contribution in [3.8, 4) is 0 Å². The normalized spacial score (nSPS) is 12.2. The largest absolute Gasteiger partial charge is 0.434 e. The average molecular weight is 437 g/mol. The summed E-state index contributed by atoms with van der Waals surface area (Å²) >= 11 is 1.02. The molecule has 3 aromatic rings. The summed E-state index contributed by atoms with van der Waals surface area (Å²) in [7, 11) is 0. The van der Waals surface area contributed by atoms with Crippen LogP contribution in [0.1, 0.15) is 28.8 Å². The molecule has 0 saturated heterocycles. The van der Waals surface area contributed by atoms with Crippen LogP contribution >= 0.6 is 11.3 Å². The predicted octanol–water partition coefficient (Wildman–Crippen LogP) is 3.70. The zero-order valence-corrected chi connectivity index (χ0v) is 17.3. The highest BCUT2D eigenvalue weighted by atomic mass is 32.1. The SMILES string of the molecule is CCNC(=NCc1cccc(Cn2cccn2)c1)NCCc1nc(C(F)(F)F)cs1. The fraction of sp³-hybridized carbons (Fsp3) is 0.350. The van der Waals surface area contributed by atoms with Gasteiger partial charge in [0.1, 0.15) is 0 Å². The number of guanidine groups is 1. The van der Waals surface area contributed by atoms with Gasteiger partial charge in [0.05, 0.1) is 18.1 Å². The smallest absolute Gasteiger partial charge is 0.357 e. The van der Waals surface area contributed by atoms with Gasteiger partial charge in [-0.3, -0.25) is 4.68 Å². The van der Waals surface area contributed by atoms with E-state index in [1.807, 2.05) is 42.1 Å². The molecule has 30 heavy (non-hydrogen) atoms. The molecule has 0 atom stereocenters. The summed E-state index contributed by atoms with van der Waals surface area (Å²) in [5, 5.41) is 12.0. The maximum atomic E-state index is 12.6. The molecular formula is C20H23F3N6S. The third-order valence-electron chi connectivity index (χ3n) is 4.13. The molecule has 0 amide bonds. The Kier molecular flexibility index (Phi) is 7.45. The molecule has 0 fully saturated rings. The second kappa shape index (κ2) is 10.2. The number of nitrogens with one attached hydrogen (secondary N) is 2. The van der Waals surface area contributed by atoms with Crippen LogP contribution < -0.4 is 10.6 Å². The first-order valence-electron chi connectivity index (χ1n) is 9.53. The molecule has 0 saturated carbocycles. The Balaban J connectivity index is 1.54. The second-order valence-corrected chi connectivity index (χ2v) is 7.46. The van der Waals surface area contributed by atoms with Gasteiger partial charge in [-0.05, 0) is 24.1 Å². The van der Waals surface area contributed by atoms with Gasteiger partial charge >= 0.3 is 6.18 Å². The monoisotopic (exact) mass is 436 g/mol. The molecule has 2 aromatic heterocycles.